The Morgan fingerprint density at radius 2 is 1.48 bits per heavy atom. The fraction of sp³-hybridized carbons (Fsp3) is 0.417. The molecule has 2 amide bonds. The average Bonchev–Trinajstić information content (AvgIpc) is 2.65. The number of carbonyl (C=O) groups excluding carboxylic acids is 2. The lowest BCUT2D eigenvalue weighted by Crippen LogP contribution is -2.52. The zero-order valence-corrected chi connectivity index (χ0v) is 19.1. The molecule has 0 aliphatic carbocycles. The quantitative estimate of drug-likeness (QED) is 0.669. The molecule has 0 aliphatic rings. The maximum atomic E-state index is 13.1. The summed E-state index contributed by atoms with van der Waals surface area (Å²) in [5.41, 5.74) is 3.02. The van der Waals surface area contributed by atoms with Gasteiger partial charge in [-0.15, -0.1) is 11.8 Å². The summed E-state index contributed by atoms with van der Waals surface area (Å²) in [4.78, 5) is 28.6. The lowest BCUT2D eigenvalue weighted by molar-refractivity contribution is -0.139. The predicted molar refractivity (Wildman–Crippen MR) is 121 cm³/mol. The van der Waals surface area contributed by atoms with E-state index in [1.807, 2.05) is 83.1 Å². The number of nitrogens with one attached hydrogen (secondary N) is 1. The van der Waals surface area contributed by atoms with Crippen molar-refractivity contribution in [2.24, 2.45) is 0 Å². The highest BCUT2D eigenvalue weighted by Crippen LogP contribution is 2.20. The normalized spacial score (nSPS) is 12.3. The van der Waals surface area contributed by atoms with Crippen molar-refractivity contribution in [3.05, 3.63) is 65.2 Å². The van der Waals surface area contributed by atoms with Crippen LogP contribution in [0.1, 0.15) is 44.4 Å². The molecule has 2 aromatic rings. The van der Waals surface area contributed by atoms with Crippen molar-refractivity contribution < 1.29 is 9.59 Å². The zero-order valence-electron chi connectivity index (χ0n) is 18.3. The van der Waals surface area contributed by atoms with Gasteiger partial charge in [-0.3, -0.25) is 9.59 Å². The van der Waals surface area contributed by atoms with Crippen LogP contribution in [0.4, 0.5) is 0 Å². The molecule has 1 unspecified atom stereocenters. The second-order valence-corrected chi connectivity index (χ2v) is 9.57. The topological polar surface area (TPSA) is 49.4 Å². The van der Waals surface area contributed by atoms with E-state index in [0.717, 1.165) is 10.5 Å². The minimum absolute atomic E-state index is 0.0484. The van der Waals surface area contributed by atoms with E-state index in [1.54, 1.807) is 11.8 Å². The van der Waals surface area contributed by atoms with Gasteiger partial charge in [-0.05, 0) is 59.2 Å². The van der Waals surface area contributed by atoms with Crippen molar-refractivity contribution in [2.45, 2.75) is 64.6 Å². The van der Waals surface area contributed by atoms with E-state index in [9.17, 15) is 9.59 Å². The van der Waals surface area contributed by atoms with Crippen molar-refractivity contribution >= 4 is 23.6 Å². The first-order chi connectivity index (χ1) is 13.5. The number of benzene rings is 2. The Hall–Kier alpha value is -2.27. The number of rotatable bonds is 7. The minimum Gasteiger partial charge on any atom is -0.350 e. The predicted octanol–water partition coefficient (Wildman–Crippen LogP) is 4.73. The number of thioether (sulfide) groups is 1. The smallest absolute Gasteiger partial charge is 0.242 e. The van der Waals surface area contributed by atoms with Crippen LogP contribution in [0, 0.1) is 13.8 Å². The van der Waals surface area contributed by atoms with Gasteiger partial charge in [0.1, 0.15) is 6.04 Å². The number of aryl methyl sites for hydroxylation is 2. The van der Waals surface area contributed by atoms with Crippen LogP contribution in [0.5, 0.6) is 0 Å². The maximum absolute atomic E-state index is 13.1. The SMILES string of the molecule is Cc1ccc(CN(C(=O)CSc2ccc(C)cc2)C(C)C(=O)NC(C)(C)C)cc1. The van der Waals surface area contributed by atoms with E-state index in [0.29, 0.717) is 12.3 Å². The van der Waals surface area contributed by atoms with Crippen LogP contribution in [-0.2, 0) is 16.1 Å². The fourth-order valence-electron chi connectivity index (χ4n) is 2.81. The van der Waals surface area contributed by atoms with Crippen LogP contribution in [0.15, 0.2) is 53.4 Å². The van der Waals surface area contributed by atoms with E-state index in [4.69, 9.17) is 0 Å². The first-order valence-corrected chi connectivity index (χ1v) is 10.9. The molecule has 0 aromatic heterocycles. The van der Waals surface area contributed by atoms with Gasteiger partial charge in [0.05, 0.1) is 5.75 Å². The fourth-order valence-corrected chi connectivity index (χ4v) is 3.59. The molecule has 5 heteroatoms. The van der Waals surface area contributed by atoms with E-state index in [-0.39, 0.29) is 17.4 Å². The summed E-state index contributed by atoms with van der Waals surface area (Å²) in [7, 11) is 0. The van der Waals surface area contributed by atoms with Crippen molar-refractivity contribution in [3.63, 3.8) is 0 Å². The summed E-state index contributed by atoms with van der Waals surface area (Å²) in [5, 5.41) is 2.99. The molecule has 29 heavy (non-hydrogen) atoms. The van der Waals surface area contributed by atoms with E-state index in [2.05, 4.69) is 5.32 Å². The van der Waals surface area contributed by atoms with Gasteiger partial charge >= 0.3 is 0 Å². The van der Waals surface area contributed by atoms with Gasteiger partial charge in [-0.2, -0.15) is 0 Å². The molecule has 2 rings (SSSR count). The van der Waals surface area contributed by atoms with Crippen molar-refractivity contribution in [2.75, 3.05) is 5.75 Å². The highest BCUT2D eigenvalue weighted by molar-refractivity contribution is 8.00. The second kappa shape index (κ2) is 9.97. The molecule has 2 aromatic carbocycles. The van der Waals surface area contributed by atoms with Crippen molar-refractivity contribution in [1.82, 2.24) is 10.2 Å². The third-order valence-corrected chi connectivity index (χ3v) is 5.52. The lowest BCUT2D eigenvalue weighted by atomic mass is 10.1. The average molecular weight is 413 g/mol. The second-order valence-electron chi connectivity index (χ2n) is 8.52. The van der Waals surface area contributed by atoms with Crippen LogP contribution in [-0.4, -0.2) is 34.0 Å². The summed E-state index contributed by atoms with van der Waals surface area (Å²) < 4.78 is 0. The van der Waals surface area contributed by atoms with Gasteiger partial charge in [0.25, 0.3) is 0 Å². The third-order valence-electron chi connectivity index (χ3n) is 4.52. The number of hydrogen-bond donors (Lipinski definition) is 1. The molecular weight excluding hydrogens is 380 g/mol. The Labute approximate surface area is 179 Å². The number of nitrogens with zero attached hydrogens (tertiary/aromatic N) is 1. The van der Waals surface area contributed by atoms with E-state index >= 15 is 0 Å². The largest absolute Gasteiger partial charge is 0.350 e. The maximum Gasteiger partial charge on any atom is 0.242 e. The number of hydrogen-bond acceptors (Lipinski definition) is 3. The summed E-state index contributed by atoms with van der Waals surface area (Å²) in [5.74, 6) is 0.105. The first kappa shape index (κ1) is 23.0. The van der Waals surface area contributed by atoms with E-state index < -0.39 is 6.04 Å². The standard InChI is InChI=1S/C24H32N2O2S/c1-17-7-11-20(12-8-17)15-26(19(3)23(28)25-24(4,5)6)22(27)16-29-21-13-9-18(2)10-14-21/h7-14,19H,15-16H2,1-6H3,(H,25,28). The van der Waals surface area contributed by atoms with Gasteiger partial charge in [0.2, 0.25) is 11.8 Å². The van der Waals surface area contributed by atoms with Gasteiger partial charge in [-0.1, -0.05) is 47.5 Å². The van der Waals surface area contributed by atoms with E-state index in [1.165, 1.54) is 22.9 Å². The monoisotopic (exact) mass is 412 g/mol. The Morgan fingerprint density at radius 3 is 2.00 bits per heavy atom. The van der Waals surface area contributed by atoms with Crippen molar-refractivity contribution in [1.29, 1.82) is 0 Å². The Kier molecular flexibility index (Phi) is 7.91. The van der Waals surface area contributed by atoms with Gasteiger partial charge in [0.15, 0.2) is 0 Å². The summed E-state index contributed by atoms with van der Waals surface area (Å²) in [6.45, 7) is 12.1. The lowest BCUT2D eigenvalue weighted by Gasteiger charge is -2.31. The molecule has 0 radical (unpaired) electrons. The number of carbonyl (C=O) groups is 2. The molecule has 4 nitrogen and oxygen atoms in total. The van der Waals surface area contributed by atoms with Crippen LogP contribution in [0.2, 0.25) is 0 Å². The molecule has 0 spiro atoms. The van der Waals surface area contributed by atoms with Crippen LogP contribution >= 0.6 is 11.8 Å². The van der Waals surface area contributed by atoms with Crippen molar-refractivity contribution in [3.8, 4) is 0 Å². The van der Waals surface area contributed by atoms with Crippen LogP contribution < -0.4 is 5.32 Å². The number of amides is 2. The molecule has 1 N–H and O–H groups in total. The van der Waals surface area contributed by atoms with Gasteiger partial charge in [-0.25, -0.2) is 0 Å². The summed E-state index contributed by atoms with van der Waals surface area (Å²) >= 11 is 1.50. The Bertz CT molecular complexity index is 823. The van der Waals surface area contributed by atoms with Crippen LogP contribution in [0.3, 0.4) is 0 Å². The molecule has 0 bridgehead atoms. The van der Waals surface area contributed by atoms with Crippen LogP contribution in [0.25, 0.3) is 0 Å². The molecule has 0 heterocycles. The highest BCUT2D eigenvalue weighted by atomic mass is 32.2. The molecule has 0 fully saturated rings. The van der Waals surface area contributed by atoms with Gasteiger partial charge in [0, 0.05) is 17.0 Å². The molecule has 0 saturated heterocycles. The highest BCUT2D eigenvalue weighted by Gasteiger charge is 2.28. The summed E-state index contributed by atoms with van der Waals surface area (Å²) in [6, 6.07) is 15.6. The molecular formula is C24H32N2O2S. The molecule has 156 valence electrons. The third kappa shape index (κ3) is 7.58. The first-order valence-electron chi connectivity index (χ1n) is 9.91. The Morgan fingerprint density at radius 1 is 0.966 bits per heavy atom. The molecule has 0 saturated carbocycles. The zero-order chi connectivity index (χ0) is 21.6. The minimum atomic E-state index is -0.554. The van der Waals surface area contributed by atoms with Gasteiger partial charge < -0.3 is 10.2 Å². The molecule has 0 aliphatic heterocycles. The molecule has 1 atom stereocenters. The summed E-state index contributed by atoms with van der Waals surface area (Å²) in [6.07, 6.45) is 0. The Balaban J connectivity index is 2.15.